The van der Waals surface area contributed by atoms with Crippen molar-refractivity contribution in [1.82, 2.24) is 15.0 Å². The molecule has 1 aromatic carbocycles. The maximum atomic E-state index is 12.0. The quantitative estimate of drug-likeness (QED) is 0.514. The molecule has 1 fully saturated rings. The lowest BCUT2D eigenvalue weighted by Gasteiger charge is -2.25. The Morgan fingerprint density at radius 1 is 1.28 bits per heavy atom. The second-order valence-electron chi connectivity index (χ2n) is 6.79. The van der Waals surface area contributed by atoms with Crippen LogP contribution in [0, 0.1) is 0 Å². The van der Waals surface area contributed by atoms with E-state index in [1.54, 1.807) is 18.2 Å². The largest absolute Gasteiger partial charge is 0.381 e. The number of carbonyl (C=O) groups excluding carboxylic acids is 1. The van der Waals surface area contributed by atoms with Crippen molar-refractivity contribution in [3.63, 3.8) is 0 Å². The van der Waals surface area contributed by atoms with Gasteiger partial charge in [-0.25, -0.2) is 13.1 Å². The van der Waals surface area contributed by atoms with Crippen LogP contribution >= 0.6 is 12.4 Å². The molecule has 0 radical (unpaired) electrons. The minimum atomic E-state index is -3.51. The van der Waals surface area contributed by atoms with Gasteiger partial charge in [-0.15, -0.1) is 12.4 Å². The fourth-order valence-electron chi connectivity index (χ4n) is 3.25. The van der Waals surface area contributed by atoms with E-state index in [9.17, 15) is 13.2 Å². The van der Waals surface area contributed by atoms with Crippen LogP contribution in [-0.4, -0.2) is 45.5 Å². The molecule has 158 valence electrons. The lowest BCUT2D eigenvalue weighted by molar-refractivity contribution is 0.100. The number of rotatable bonds is 7. The number of amides is 1. The molecule has 2 heterocycles. The Labute approximate surface area is 177 Å². The van der Waals surface area contributed by atoms with Crippen LogP contribution in [0.25, 0.3) is 0 Å². The van der Waals surface area contributed by atoms with Crippen LogP contribution in [0.5, 0.6) is 0 Å². The highest BCUT2D eigenvalue weighted by atomic mass is 35.5. The van der Waals surface area contributed by atoms with Crippen LogP contribution in [0.4, 0.5) is 5.69 Å². The van der Waals surface area contributed by atoms with Gasteiger partial charge in [-0.3, -0.25) is 9.78 Å². The molecule has 2 aromatic rings. The van der Waals surface area contributed by atoms with E-state index < -0.39 is 15.9 Å². The lowest BCUT2D eigenvalue weighted by atomic mass is 10.0. The van der Waals surface area contributed by atoms with E-state index in [0.717, 1.165) is 37.2 Å². The molecular formula is C19H26ClN5O3S. The van der Waals surface area contributed by atoms with E-state index in [1.807, 2.05) is 12.1 Å². The summed E-state index contributed by atoms with van der Waals surface area (Å²) in [6, 6.07) is 8.79. The number of benzene rings is 1. The van der Waals surface area contributed by atoms with Gasteiger partial charge in [0.15, 0.2) is 0 Å². The number of piperidine rings is 1. The number of nitrogens with zero attached hydrogens (tertiary/aromatic N) is 1. The summed E-state index contributed by atoms with van der Waals surface area (Å²) in [5.74, 6) is -0.530. The number of anilines is 1. The molecule has 0 bridgehead atoms. The van der Waals surface area contributed by atoms with Crippen molar-refractivity contribution in [3.8, 4) is 0 Å². The Morgan fingerprint density at radius 3 is 2.66 bits per heavy atom. The molecule has 10 heteroatoms. The number of hydrogen-bond donors (Lipinski definition) is 4. The summed E-state index contributed by atoms with van der Waals surface area (Å²) in [6.45, 7) is 1.85. The van der Waals surface area contributed by atoms with Crippen molar-refractivity contribution in [2.75, 3.05) is 25.5 Å². The number of nitrogens with two attached hydrogens (primary N) is 1. The van der Waals surface area contributed by atoms with Crippen molar-refractivity contribution in [2.24, 2.45) is 5.73 Å². The van der Waals surface area contributed by atoms with E-state index in [1.165, 1.54) is 13.2 Å². The first kappa shape index (κ1) is 23.1. The number of nitrogens with one attached hydrogen (secondary N) is 3. The third kappa shape index (κ3) is 5.89. The summed E-state index contributed by atoms with van der Waals surface area (Å²) >= 11 is 0. The SMILES string of the molecule is CNS(=O)(=O)c1cccc(Cc2cc(NC3CCNCC3)c(C(N)=O)cn2)c1.Cl. The fraction of sp³-hybridized carbons (Fsp3) is 0.368. The van der Waals surface area contributed by atoms with Gasteiger partial charge < -0.3 is 16.4 Å². The molecule has 0 spiro atoms. The number of pyridine rings is 1. The highest BCUT2D eigenvalue weighted by Crippen LogP contribution is 2.21. The van der Waals surface area contributed by atoms with Gasteiger partial charge in [-0.2, -0.15) is 0 Å². The maximum absolute atomic E-state index is 12.0. The van der Waals surface area contributed by atoms with Crippen molar-refractivity contribution >= 4 is 34.0 Å². The first-order valence-electron chi connectivity index (χ1n) is 9.17. The van der Waals surface area contributed by atoms with E-state index in [2.05, 4.69) is 20.3 Å². The van der Waals surface area contributed by atoms with E-state index in [-0.39, 0.29) is 23.3 Å². The van der Waals surface area contributed by atoms with Crippen LogP contribution in [-0.2, 0) is 16.4 Å². The van der Waals surface area contributed by atoms with Gasteiger partial charge in [0, 0.05) is 24.4 Å². The number of aromatic nitrogens is 1. The Kier molecular flexibility index (Phi) is 7.97. The first-order valence-corrected chi connectivity index (χ1v) is 10.7. The van der Waals surface area contributed by atoms with Crippen molar-refractivity contribution in [2.45, 2.75) is 30.2 Å². The van der Waals surface area contributed by atoms with Crippen molar-refractivity contribution in [1.29, 1.82) is 0 Å². The summed E-state index contributed by atoms with van der Waals surface area (Å²) in [7, 11) is -2.13. The van der Waals surface area contributed by atoms with Crippen LogP contribution in [0.15, 0.2) is 41.4 Å². The summed E-state index contributed by atoms with van der Waals surface area (Å²) < 4.78 is 26.3. The van der Waals surface area contributed by atoms with Gasteiger partial charge in [-0.1, -0.05) is 12.1 Å². The Balaban J connectivity index is 0.00000300. The molecule has 1 aliphatic rings. The summed E-state index contributed by atoms with van der Waals surface area (Å²) in [5.41, 5.74) is 8.06. The molecular weight excluding hydrogens is 414 g/mol. The second kappa shape index (κ2) is 10.0. The number of carbonyl (C=O) groups is 1. The van der Waals surface area contributed by atoms with Crippen LogP contribution in [0.2, 0.25) is 0 Å². The molecule has 0 aliphatic carbocycles. The predicted octanol–water partition coefficient (Wildman–Crippen LogP) is 1.27. The van der Waals surface area contributed by atoms with Crippen LogP contribution in [0.1, 0.15) is 34.5 Å². The highest BCUT2D eigenvalue weighted by molar-refractivity contribution is 7.89. The standard InChI is InChI=1S/C19H25N5O3S.ClH/c1-21-28(26,27)16-4-2-3-13(10-16)9-15-11-18(17(12-23-15)19(20)25)24-14-5-7-22-8-6-14;/h2-4,10-12,14,21-22H,5-9H2,1H3,(H2,20,25)(H,23,24);1H. The molecule has 5 N–H and O–H groups in total. The summed E-state index contributed by atoms with van der Waals surface area (Å²) in [5, 5.41) is 6.72. The number of primary amides is 1. The number of halogens is 1. The number of hydrogen-bond acceptors (Lipinski definition) is 6. The molecule has 0 unspecified atom stereocenters. The average molecular weight is 440 g/mol. The topological polar surface area (TPSA) is 126 Å². The van der Waals surface area contributed by atoms with Gasteiger partial charge in [-0.05, 0) is 56.7 Å². The molecule has 29 heavy (non-hydrogen) atoms. The molecule has 0 saturated carbocycles. The van der Waals surface area contributed by atoms with Crippen molar-refractivity contribution in [3.05, 3.63) is 53.3 Å². The molecule has 1 aliphatic heterocycles. The zero-order valence-corrected chi connectivity index (χ0v) is 17.8. The lowest BCUT2D eigenvalue weighted by Crippen LogP contribution is -2.35. The smallest absolute Gasteiger partial charge is 0.252 e. The van der Waals surface area contributed by atoms with E-state index in [0.29, 0.717) is 17.7 Å². The molecule has 0 atom stereocenters. The van der Waals surface area contributed by atoms with Gasteiger partial charge in [0.05, 0.1) is 16.1 Å². The first-order chi connectivity index (χ1) is 13.4. The normalized spacial score (nSPS) is 14.8. The molecule has 1 aromatic heterocycles. The summed E-state index contributed by atoms with van der Waals surface area (Å²) in [6.07, 6.45) is 3.84. The summed E-state index contributed by atoms with van der Waals surface area (Å²) in [4.78, 5) is 16.3. The van der Waals surface area contributed by atoms with Gasteiger partial charge in [0.1, 0.15) is 0 Å². The van der Waals surface area contributed by atoms with E-state index >= 15 is 0 Å². The average Bonchev–Trinajstić information content (AvgIpc) is 2.69. The van der Waals surface area contributed by atoms with E-state index in [4.69, 9.17) is 5.73 Å². The second-order valence-corrected chi connectivity index (χ2v) is 8.67. The fourth-order valence-corrected chi connectivity index (χ4v) is 4.05. The van der Waals surface area contributed by atoms with Crippen LogP contribution in [0.3, 0.4) is 0 Å². The Hall–Kier alpha value is -2.20. The van der Waals surface area contributed by atoms with Gasteiger partial charge in [0.2, 0.25) is 10.0 Å². The third-order valence-electron chi connectivity index (χ3n) is 4.79. The van der Waals surface area contributed by atoms with Gasteiger partial charge >= 0.3 is 0 Å². The minimum absolute atomic E-state index is 0. The predicted molar refractivity (Wildman–Crippen MR) is 115 cm³/mol. The molecule has 8 nitrogen and oxygen atoms in total. The number of sulfonamides is 1. The third-order valence-corrected chi connectivity index (χ3v) is 6.20. The highest BCUT2D eigenvalue weighted by Gasteiger charge is 2.17. The molecule has 1 amide bonds. The maximum Gasteiger partial charge on any atom is 0.252 e. The monoisotopic (exact) mass is 439 g/mol. The molecule has 1 saturated heterocycles. The molecule has 3 rings (SSSR count). The zero-order chi connectivity index (χ0) is 20.1. The Morgan fingerprint density at radius 2 is 2.00 bits per heavy atom. The minimum Gasteiger partial charge on any atom is -0.381 e. The Bertz CT molecular complexity index is 962. The zero-order valence-electron chi connectivity index (χ0n) is 16.1. The van der Waals surface area contributed by atoms with Crippen LogP contribution < -0.4 is 21.1 Å². The van der Waals surface area contributed by atoms with Gasteiger partial charge in [0.25, 0.3) is 5.91 Å². The van der Waals surface area contributed by atoms with Crippen molar-refractivity contribution < 1.29 is 13.2 Å².